The molecule has 8 heteroatoms. The molecule has 0 atom stereocenters. The zero-order chi connectivity index (χ0) is 20.6. The van der Waals surface area contributed by atoms with E-state index in [1.165, 1.54) is 6.26 Å². The molecule has 1 fully saturated rings. The second-order valence-corrected chi connectivity index (χ2v) is 7.51. The Hall–Kier alpha value is -2.23. The van der Waals surface area contributed by atoms with E-state index < -0.39 is 0 Å². The van der Waals surface area contributed by atoms with Crippen molar-refractivity contribution in [1.29, 1.82) is 0 Å². The van der Waals surface area contributed by atoms with Crippen molar-refractivity contribution >= 4 is 35.8 Å². The summed E-state index contributed by atoms with van der Waals surface area (Å²) in [5.41, 5.74) is 1.16. The number of benzene rings is 1. The van der Waals surface area contributed by atoms with Gasteiger partial charge in [0.05, 0.1) is 12.9 Å². The quantitative estimate of drug-likeness (QED) is 0.355. The topological polar surface area (TPSA) is 70.3 Å². The molecule has 0 unspecified atom stereocenters. The van der Waals surface area contributed by atoms with Gasteiger partial charge in [-0.25, -0.2) is 0 Å². The molecule has 7 nitrogen and oxygen atoms in total. The summed E-state index contributed by atoms with van der Waals surface area (Å²) in [5, 5.41) is 3.41. The molecule has 0 aliphatic carbocycles. The van der Waals surface area contributed by atoms with Gasteiger partial charge in [0.15, 0.2) is 11.7 Å². The van der Waals surface area contributed by atoms with Gasteiger partial charge in [-0.15, -0.1) is 24.0 Å². The Bertz CT molecular complexity index is 798. The first kappa shape index (κ1) is 24.0. The van der Waals surface area contributed by atoms with Crippen molar-refractivity contribution in [3.05, 3.63) is 54.0 Å². The first-order valence-electron chi connectivity index (χ1n) is 10.1. The van der Waals surface area contributed by atoms with E-state index in [9.17, 15) is 4.79 Å². The van der Waals surface area contributed by atoms with E-state index in [4.69, 9.17) is 9.15 Å². The highest BCUT2D eigenvalue weighted by atomic mass is 127. The number of hydrogen-bond acceptors (Lipinski definition) is 4. The van der Waals surface area contributed by atoms with Crippen molar-refractivity contribution < 1.29 is 13.9 Å². The molecule has 0 saturated carbocycles. The fourth-order valence-corrected chi connectivity index (χ4v) is 3.16. The lowest BCUT2D eigenvalue weighted by Gasteiger charge is -2.36. The van der Waals surface area contributed by atoms with Gasteiger partial charge in [-0.05, 0) is 35.7 Å². The van der Waals surface area contributed by atoms with Crippen LogP contribution in [0.1, 0.15) is 30.0 Å². The molecule has 2 heterocycles. The molecule has 1 saturated heterocycles. The summed E-state index contributed by atoms with van der Waals surface area (Å²) in [7, 11) is 1.78. The van der Waals surface area contributed by atoms with Gasteiger partial charge in [-0.2, -0.15) is 0 Å². The Morgan fingerprint density at radius 1 is 1.13 bits per heavy atom. The number of aliphatic imine (C=N–C) groups is 1. The Morgan fingerprint density at radius 3 is 2.37 bits per heavy atom. The molecule has 30 heavy (non-hydrogen) atoms. The number of halogens is 1. The van der Waals surface area contributed by atoms with Crippen LogP contribution in [-0.4, -0.2) is 61.5 Å². The molecule has 1 N–H and O–H groups in total. The van der Waals surface area contributed by atoms with E-state index in [0.717, 1.165) is 37.0 Å². The molecule has 0 bridgehead atoms. The average Bonchev–Trinajstić information content (AvgIpc) is 3.28. The summed E-state index contributed by atoms with van der Waals surface area (Å²) in [6.07, 6.45) is 1.53. The number of rotatable bonds is 6. The standard InChI is InChI=1S/C22H30N4O3.HI/c1-17(2)16-29-19-8-6-18(7-9-19)15-24-22(23-3)26-12-10-25(11-13-26)21(27)20-5-4-14-28-20;/h4-9,14,17H,10-13,15-16H2,1-3H3,(H,23,24);1H. The van der Waals surface area contributed by atoms with Gasteiger partial charge in [0.2, 0.25) is 0 Å². The summed E-state index contributed by atoms with van der Waals surface area (Å²) in [5.74, 6) is 2.58. The van der Waals surface area contributed by atoms with Crippen molar-refractivity contribution in [2.45, 2.75) is 20.4 Å². The van der Waals surface area contributed by atoms with E-state index in [2.05, 4.69) is 41.2 Å². The van der Waals surface area contributed by atoms with Crippen LogP contribution in [0.2, 0.25) is 0 Å². The maximum Gasteiger partial charge on any atom is 0.289 e. The van der Waals surface area contributed by atoms with Crippen LogP contribution in [0.15, 0.2) is 52.1 Å². The van der Waals surface area contributed by atoms with Crippen LogP contribution >= 0.6 is 24.0 Å². The number of nitrogens with zero attached hydrogens (tertiary/aromatic N) is 3. The Kier molecular flexibility index (Phi) is 9.48. The van der Waals surface area contributed by atoms with Crippen molar-refractivity contribution in [2.24, 2.45) is 10.9 Å². The van der Waals surface area contributed by atoms with E-state index in [0.29, 0.717) is 31.3 Å². The number of furan rings is 1. The fourth-order valence-electron chi connectivity index (χ4n) is 3.16. The first-order valence-corrected chi connectivity index (χ1v) is 10.1. The molecule has 3 rings (SSSR count). The van der Waals surface area contributed by atoms with Crippen molar-refractivity contribution in [2.75, 3.05) is 39.8 Å². The predicted octanol–water partition coefficient (Wildman–Crippen LogP) is 3.47. The smallest absolute Gasteiger partial charge is 0.289 e. The van der Waals surface area contributed by atoms with Gasteiger partial charge in [-0.1, -0.05) is 26.0 Å². The van der Waals surface area contributed by atoms with Crippen LogP contribution in [0.25, 0.3) is 0 Å². The number of nitrogens with one attached hydrogen (secondary N) is 1. The van der Waals surface area contributed by atoms with Crippen LogP contribution in [0.3, 0.4) is 0 Å². The fraction of sp³-hybridized carbons (Fsp3) is 0.455. The molecule has 1 aromatic carbocycles. The third kappa shape index (κ3) is 6.65. The van der Waals surface area contributed by atoms with Crippen LogP contribution in [0.4, 0.5) is 0 Å². The van der Waals surface area contributed by atoms with Gasteiger partial charge in [0, 0.05) is 39.8 Å². The van der Waals surface area contributed by atoms with Crippen LogP contribution in [0, 0.1) is 5.92 Å². The lowest BCUT2D eigenvalue weighted by atomic mass is 10.2. The zero-order valence-electron chi connectivity index (χ0n) is 17.8. The molecule has 164 valence electrons. The number of piperazine rings is 1. The van der Waals surface area contributed by atoms with Crippen LogP contribution in [0.5, 0.6) is 5.75 Å². The predicted molar refractivity (Wildman–Crippen MR) is 129 cm³/mol. The summed E-state index contributed by atoms with van der Waals surface area (Å²) >= 11 is 0. The number of hydrogen-bond donors (Lipinski definition) is 1. The first-order chi connectivity index (χ1) is 14.1. The van der Waals surface area contributed by atoms with Crippen LogP contribution < -0.4 is 10.1 Å². The van der Waals surface area contributed by atoms with Crippen molar-refractivity contribution in [3.63, 3.8) is 0 Å². The minimum absolute atomic E-state index is 0. The van der Waals surface area contributed by atoms with Crippen molar-refractivity contribution in [1.82, 2.24) is 15.1 Å². The van der Waals surface area contributed by atoms with E-state index in [1.54, 1.807) is 19.2 Å². The SMILES string of the molecule is CN=C(NCc1ccc(OCC(C)C)cc1)N1CCN(C(=O)c2ccco2)CC1.I. The molecule has 1 amide bonds. The number of guanidine groups is 1. The number of carbonyl (C=O) groups excluding carboxylic acids is 1. The normalized spacial score (nSPS) is 14.5. The minimum Gasteiger partial charge on any atom is -0.493 e. The second kappa shape index (κ2) is 11.8. The van der Waals surface area contributed by atoms with E-state index in [1.807, 2.05) is 17.0 Å². The van der Waals surface area contributed by atoms with Gasteiger partial charge < -0.3 is 24.3 Å². The molecular formula is C22H31IN4O3. The number of amides is 1. The second-order valence-electron chi connectivity index (χ2n) is 7.51. The monoisotopic (exact) mass is 526 g/mol. The highest BCUT2D eigenvalue weighted by Gasteiger charge is 2.25. The molecule has 2 aromatic rings. The summed E-state index contributed by atoms with van der Waals surface area (Å²) in [6.45, 7) is 8.42. The summed E-state index contributed by atoms with van der Waals surface area (Å²) < 4.78 is 10.9. The molecular weight excluding hydrogens is 495 g/mol. The highest BCUT2D eigenvalue weighted by Crippen LogP contribution is 2.14. The maximum atomic E-state index is 12.4. The highest BCUT2D eigenvalue weighted by molar-refractivity contribution is 14.0. The van der Waals surface area contributed by atoms with Gasteiger partial charge in [0.25, 0.3) is 5.91 Å². The molecule has 1 aliphatic rings. The van der Waals surface area contributed by atoms with Crippen LogP contribution in [-0.2, 0) is 6.54 Å². The largest absolute Gasteiger partial charge is 0.493 e. The van der Waals surface area contributed by atoms with E-state index in [-0.39, 0.29) is 29.9 Å². The van der Waals surface area contributed by atoms with Gasteiger partial charge in [0.1, 0.15) is 5.75 Å². The molecule has 1 aliphatic heterocycles. The number of ether oxygens (including phenoxy) is 1. The van der Waals surface area contributed by atoms with Gasteiger partial charge in [-0.3, -0.25) is 9.79 Å². The zero-order valence-corrected chi connectivity index (χ0v) is 20.2. The van der Waals surface area contributed by atoms with Gasteiger partial charge >= 0.3 is 0 Å². The molecule has 1 aromatic heterocycles. The van der Waals surface area contributed by atoms with Crippen molar-refractivity contribution in [3.8, 4) is 5.75 Å². The Morgan fingerprint density at radius 2 is 1.80 bits per heavy atom. The third-order valence-electron chi connectivity index (χ3n) is 4.77. The third-order valence-corrected chi connectivity index (χ3v) is 4.77. The lowest BCUT2D eigenvalue weighted by Crippen LogP contribution is -2.53. The number of carbonyl (C=O) groups is 1. The molecule has 0 spiro atoms. The minimum atomic E-state index is -0.0580. The molecule has 0 radical (unpaired) electrons. The summed E-state index contributed by atoms with van der Waals surface area (Å²) in [4.78, 5) is 20.8. The maximum absolute atomic E-state index is 12.4. The Balaban J connectivity index is 0.00000320. The average molecular weight is 526 g/mol. The lowest BCUT2D eigenvalue weighted by molar-refractivity contribution is 0.0657. The van der Waals surface area contributed by atoms with E-state index >= 15 is 0 Å². The Labute approximate surface area is 195 Å². The summed E-state index contributed by atoms with van der Waals surface area (Å²) in [6, 6.07) is 11.6.